The van der Waals surface area contributed by atoms with Gasteiger partial charge in [0.15, 0.2) is 0 Å². The van der Waals surface area contributed by atoms with Crippen LogP contribution in [0.2, 0.25) is 0 Å². The normalized spacial score (nSPS) is 23.7. The van der Waals surface area contributed by atoms with Crippen molar-refractivity contribution in [3.05, 3.63) is 29.3 Å². The van der Waals surface area contributed by atoms with Crippen molar-refractivity contribution in [1.29, 1.82) is 0 Å². The fourth-order valence-corrected chi connectivity index (χ4v) is 2.30. The summed E-state index contributed by atoms with van der Waals surface area (Å²) >= 11 is 0. The van der Waals surface area contributed by atoms with E-state index in [1.807, 2.05) is 7.05 Å². The molecule has 1 heterocycles. The summed E-state index contributed by atoms with van der Waals surface area (Å²) in [5.41, 5.74) is 2.73. The van der Waals surface area contributed by atoms with Crippen LogP contribution in [0.3, 0.4) is 0 Å². The Hall–Kier alpha value is -1.02. The molecule has 2 rings (SSSR count). The van der Waals surface area contributed by atoms with Gasteiger partial charge in [-0.2, -0.15) is 0 Å². The smallest absolute Gasteiger partial charge is 0.124 e. The van der Waals surface area contributed by atoms with Gasteiger partial charge in [0.25, 0.3) is 0 Å². The average molecular weight is 205 g/mol. The van der Waals surface area contributed by atoms with E-state index in [1.54, 1.807) is 0 Å². The van der Waals surface area contributed by atoms with Crippen molar-refractivity contribution in [2.24, 2.45) is 0 Å². The van der Waals surface area contributed by atoms with E-state index in [4.69, 9.17) is 4.74 Å². The van der Waals surface area contributed by atoms with Gasteiger partial charge in [-0.25, -0.2) is 0 Å². The molecule has 0 radical (unpaired) electrons. The number of fused-ring (bicyclic) bond motifs is 1. The Morgan fingerprint density at radius 2 is 2.20 bits per heavy atom. The molecule has 1 aliphatic rings. The highest BCUT2D eigenvalue weighted by Gasteiger charge is 2.29. The summed E-state index contributed by atoms with van der Waals surface area (Å²) in [4.78, 5) is 0. The number of likely N-dealkylation sites (N-methyl/N-ethyl adjacent to an activating group) is 1. The molecule has 0 bridgehead atoms. The summed E-state index contributed by atoms with van der Waals surface area (Å²) in [5, 5.41) is 3.31. The third kappa shape index (κ3) is 1.86. The van der Waals surface area contributed by atoms with Crippen molar-refractivity contribution in [3.63, 3.8) is 0 Å². The van der Waals surface area contributed by atoms with Crippen LogP contribution in [-0.2, 0) is 6.42 Å². The number of hydrogen-bond donors (Lipinski definition) is 1. The Morgan fingerprint density at radius 3 is 2.87 bits per heavy atom. The van der Waals surface area contributed by atoms with Crippen LogP contribution in [0.15, 0.2) is 18.2 Å². The Bertz CT molecular complexity index is 348. The second-order valence-electron chi connectivity index (χ2n) is 4.21. The van der Waals surface area contributed by atoms with E-state index in [9.17, 15) is 0 Å². The quantitative estimate of drug-likeness (QED) is 0.819. The van der Waals surface area contributed by atoms with Crippen molar-refractivity contribution in [1.82, 2.24) is 5.32 Å². The van der Waals surface area contributed by atoms with Gasteiger partial charge < -0.3 is 10.1 Å². The molecule has 2 unspecified atom stereocenters. The van der Waals surface area contributed by atoms with E-state index in [2.05, 4.69) is 37.4 Å². The Balaban J connectivity index is 2.31. The maximum atomic E-state index is 5.78. The van der Waals surface area contributed by atoms with Gasteiger partial charge in [0.2, 0.25) is 0 Å². The number of nitrogens with one attached hydrogen (secondary N) is 1. The second-order valence-corrected chi connectivity index (χ2v) is 4.21. The third-order valence-corrected chi connectivity index (χ3v) is 3.04. The molecule has 0 saturated carbocycles. The van der Waals surface area contributed by atoms with Crippen LogP contribution < -0.4 is 10.1 Å². The fourth-order valence-electron chi connectivity index (χ4n) is 2.30. The number of ether oxygens (including phenoxy) is 1. The lowest BCUT2D eigenvalue weighted by Crippen LogP contribution is -2.25. The zero-order valence-corrected chi connectivity index (χ0v) is 9.71. The number of aryl methyl sites for hydroxylation is 1. The summed E-state index contributed by atoms with van der Waals surface area (Å²) in [7, 11) is 1.99. The van der Waals surface area contributed by atoms with Crippen LogP contribution in [-0.4, -0.2) is 13.2 Å². The van der Waals surface area contributed by atoms with E-state index in [0.29, 0.717) is 6.04 Å². The predicted molar refractivity (Wildman–Crippen MR) is 62.3 cm³/mol. The number of rotatable bonds is 3. The van der Waals surface area contributed by atoms with Crippen LogP contribution >= 0.6 is 0 Å². The van der Waals surface area contributed by atoms with Gasteiger partial charge in [-0.15, -0.1) is 0 Å². The molecule has 0 fully saturated rings. The Kier molecular flexibility index (Phi) is 2.96. The van der Waals surface area contributed by atoms with Gasteiger partial charge in [0.1, 0.15) is 11.9 Å². The molecule has 2 heteroatoms. The summed E-state index contributed by atoms with van der Waals surface area (Å²) < 4.78 is 5.78. The van der Waals surface area contributed by atoms with Gasteiger partial charge in [0.05, 0.1) is 6.04 Å². The summed E-state index contributed by atoms with van der Waals surface area (Å²) in [6.45, 7) is 4.32. The van der Waals surface area contributed by atoms with Crippen molar-refractivity contribution in [2.45, 2.75) is 38.8 Å². The molecule has 2 atom stereocenters. The lowest BCUT2D eigenvalue weighted by Gasteiger charge is -2.13. The van der Waals surface area contributed by atoms with Gasteiger partial charge in [-0.1, -0.05) is 25.5 Å². The van der Waals surface area contributed by atoms with Gasteiger partial charge in [-0.3, -0.25) is 0 Å². The highest BCUT2D eigenvalue weighted by molar-refractivity contribution is 5.43. The first-order chi connectivity index (χ1) is 7.26. The van der Waals surface area contributed by atoms with Crippen molar-refractivity contribution in [3.8, 4) is 5.75 Å². The van der Waals surface area contributed by atoms with Crippen LogP contribution in [0, 0.1) is 0 Å². The number of hydrogen-bond acceptors (Lipinski definition) is 2. The molecule has 0 spiro atoms. The molecule has 82 valence electrons. The summed E-state index contributed by atoms with van der Waals surface area (Å²) in [6, 6.07) is 6.90. The lowest BCUT2D eigenvalue weighted by atomic mass is 10.0. The summed E-state index contributed by atoms with van der Waals surface area (Å²) in [6.07, 6.45) is 2.58. The minimum absolute atomic E-state index is 0.238. The minimum atomic E-state index is 0.238. The van der Waals surface area contributed by atoms with E-state index in [1.165, 1.54) is 17.5 Å². The van der Waals surface area contributed by atoms with E-state index in [0.717, 1.165) is 12.2 Å². The van der Waals surface area contributed by atoms with E-state index >= 15 is 0 Å². The first-order valence-electron chi connectivity index (χ1n) is 5.73. The SMILES string of the molecule is CCCc1ccc2c(c1)C(NC)C(C)O2. The highest BCUT2D eigenvalue weighted by Crippen LogP contribution is 2.36. The van der Waals surface area contributed by atoms with E-state index < -0.39 is 0 Å². The topological polar surface area (TPSA) is 21.3 Å². The minimum Gasteiger partial charge on any atom is -0.488 e. The Labute approximate surface area is 91.6 Å². The van der Waals surface area contributed by atoms with Gasteiger partial charge >= 0.3 is 0 Å². The standard InChI is InChI=1S/C13H19NO/c1-4-5-10-6-7-12-11(8-10)13(14-3)9(2)15-12/h6-9,13-14H,4-5H2,1-3H3. The largest absolute Gasteiger partial charge is 0.488 e. The molecule has 1 aliphatic heterocycles. The number of benzene rings is 1. The molecule has 1 aromatic rings. The first kappa shape index (κ1) is 10.5. The van der Waals surface area contributed by atoms with Crippen LogP contribution in [0.1, 0.15) is 37.4 Å². The van der Waals surface area contributed by atoms with E-state index in [-0.39, 0.29) is 6.10 Å². The monoisotopic (exact) mass is 205 g/mol. The van der Waals surface area contributed by atoms with Crippen molar-refractivity contribution >= 4 is 0 Å². The molecule has 0 aromatic heterocycles. The zero-order chi connectivity index (χ0) is 10.8. The van der Waals surface area contributed by atoms with Crippen molar-refractivity contribution < 1.29 is 4.74 Å². The summed E-state index contributed by atoms with van der Waals surface area (Å²) in [5.74, 6) is 1.04. The zero-order valence-electron chi connectivity index (χ0n) is 9.71. The molecule has 1 N–H and O–H groups in total. The maximum Gasteiger partial charge on any atom is 0.124 e. The molecule has 1 aromatic carbocycles. The molecule has 0 aliphatic carbocycles. The molecular weight excluding hydrogens is 186 g/mol. The third-order valence-electron chi connectivity index (χ3n) is 3.04. The van der Waals surface area contributed by atoms with Crippen LogP contribution in [0.4, 0.5) is 0 Å². The van der Waals surface area contributed by atoms with Crippen LogP contribution in [0.25, 0.3) is 0 Å². The second kappa shape index (κ2) is 4.23. The molecular formula is C13H19NO. The average Bonchev–Trinajstić information content (AvgIpc) is 2.53. The highest BCUT2D eigenvalue weighted by atomic mass is 16.5. The van der Waals surface area contributed by atoms with Crippen molar-refractivity contribution in [2.75, 3.05) is 7.05 Å². The molecule has 15 heavy (non-hydrogen) atoms. The maximum absolute atomic E-state index is 5.78. The molecule has 0 amide bonds. The lowest BCUT2D eigenvalue weighted by molar-refractivity contribution is 0.214. The predicted octanol–water partition coefficient (Wildman–Crippen LogP) is 2.68. The van der Waals surface area contributed by atoms with Crippen LogP contribution in [0.5, 0.6) is 5.75 Å². The van der Waals surface area contributed by atoms with Gasteiger partial charge in [0, 0.05) is 5.56 Å². The Morgan fingerprint density at radius 1 is 1.40 bits per heavy atom. The molecule has 0 saturated heterocycles. The molecule has 2 nitrogen and oxygen atoms in total. The van der Waals surface area contributed by atoms with Gasteiger partial charge in [-0.05, 0) is 32.0 Å². The first-order valence-corrected chi connectivity index (χ1v) is 5.73. The fraction of sp³-hybridized carbons (Fsp3) is 0.538.